The number of benzene rings is 2. The fourth-order valence-corrected chi connectivity index (χ4v) is 4.55. The smallest absolute Gasteiger partial charge is 0.301 e. The van der Waals surface area contributed by atoms with E-state index in [9.17, 15) is 14.7 Å². The highest BCUT2D eigenvalue weighted by Gasteiger charge is 2.48. The molecule has 8 nitrogen and oxygen atoms in total. The van der Waals surface area contributed by atoms with Crippen molar-refractivity contribution in [2.75, 3.05) is 18.1 Å². The van der Waals surface area contributed by atoms with Gasteiger partial charge in [-0.05, 0) is 62.2 Å². The van der Waals surface area contributed by atoms with E-state index in [1.807, 2.05) is 6.92 Å². The Morgan fingerprint density at radius 3 is 2.26 bits per heavy atom. The van der Waals surface area contributed by atoms with Crippen LogP contribution in [0.1, 0.15) is 48.9 Å². The molecule has 9 heteroatoms. The molecule has 0 radical (unpaired) electrons. The van der Waals surface area contributed by atoms with E-state index in [4.69, 9.17) is 9.47 Å². The van der Waals surface area contributed by atoms with E-state index in [1.165, 1.54) is 16.2 Å². The number of aryl methyl sites for hydroxylation is 1. The number of ether oxygens (including phenoxy) is 2. The van der Waals surface area contributed by atoms with Crippen molar-refractivity contribution in [1.82, 2.24) is 10.2 Å². The highest BCUT2D eigenvalue weighted by Crippen LogP contribution is 2.43. The van der Waals surface area contributed by atoms with Gasteiger partial charge < -0.3 is 14.6 Å². The molecular formula is C26H27N3O5S. The van der Waals surface area contributed by atoms with E-state index >= 15 is 0 Å². The average Bonchev–Trinajstić information content (AvgIpc) is 3.40. The Kier molecular flexibility index (Phi) is 7.45. The van der Waals surface area contributed by atoms with E-state index in [0.29, 0.717) is 46.0 Å². The number of carbonyl (C=O) groups excluding carboxylic acids is 2. The first-order chi connectivity index (χ1) is 16.9. The van der Waals surface area contributed by atoms with Crippen LogP contribution in [0.3, 0.4) is 0 Å². The number of carbonyl (C=O) groups is 2. The Hall–Kier alpha value is -3.72. The van der Waals surface area contributed by atoms with Crippen molar-refractivity contribution in [1.29, 1.82) is 0 Å². The van der Waals surface area contributed by atoms with Crippen molar-refractivity contribution in [2.24, 2.45) is 0 Å². The van der Waals surface area contributed by atoms with Crippen LogP contribution in [0, 0.1) is 6.92 Å². The van der Waals surface area contributed by atoms with Gasteiger partial charge in [-0.3, -0.25) is 14.5 Å². The van der Waals surface area contributed by atoms with Crippen LogP contribution in [0.4, 0.5) is 5.13 Å². The molecule has 3 aromatic rings. The van der Waals surface area contributed by atoms with Gasteiger partial charge in [0.25, 0.3) is 5.78 Å². The predicted molar refractivity (Wildman–Crippen MR) is 134 cm³/mol. The SMILES string of the molecule is CCCCOc1ccc(C(O)=C2C(=O)C(=O)N(c3nnc(C)s3)C2c2ccc(OCC)cc2)cc1. The third kappa shape index (κ3) is 5.05. The Labute approximate surface area is 207 Å². The van der Waals surface area contributed by atoms with Crippen molar-refractivity contribution < 1.29 is 24.2 Å². The molecule has 1 fully saturated rings. The standard InChI is InChI=1S/C26H27N3O5S/c1-4-6-15-34-20-13-9-18(10-14-20)23(30)21-22(17-7-11-19(12-8-17)33-5-2)29(25(32)24(21)31)26-28-27-16(3)35-26/h7-14,22,30H,4-6,15H2,1-3H3. The zero-order chi connectivity index (χ0) is 24.9. The number of aromatic nitrogens is 2. The van der Waals surface area contributed by atoms with Crippen LogP contribution in [0.15, 0.2) is 54.1 Å². The first kappa shape index (κ1) is 24.4. The molecule has 1 atom stereocenters. The lowest BCUT2D eigenvalue weighted by molar-refractivity contribution is -0.132. The van der Waals surface area contributed by atoms with Crippen LogP contribution < -0.4 is 14.4 Å². The number of ketones is 1. The molecule has 1 aliphatic heterocycles. The van der Waals surface area contributed by atoms with Gasteiger partial charge in [0.2, 0.25) is 5.13 Å². The first-order valence-electron chi connectivity index (χ1n) is 11.5. The van der Waals surface area contributed by atoms with Crippen LogP contribution >= 0.6 is 11.3 Å². The highest BCUT2D eigenvalue weighted by molar-refractivity contribution is 7.15. The summed E-state index contributed by atoms with van der Waals surface area (Å²) in [5.41, 5.74) is 1.04. The van der Waals surface area contributed by atoms with Crippen molar-refractivity contribution in [2.45, 2.75) is 39.7 Å². The summed E-state index contributed by atoms with van der Waals surface area (Å²) in [6, 6.07) is 13.1. The van der Waals surface area contributed by atoms with Gasteiger partial charge in [0.1, 0.15) is 22.3 Å². The Morgan fingerprint density at radius 1 is 1.00 bits per heavy atom. The van der Waals surface area contributed by atoms with Gasteiger partial charge in [0.05, 0.1) is 24.8 Å². The molecule has 1 N–H and O–H groups in total. The molecule has 0 bridgehead atoms. The van der Waals surface area contributed by atoms with Crippen molar-refractivity contribution >= 4 is 33.9 Å². The second kappa shape index (κ2) is 10.7. The monoisotopic (exact) mass is 493 g/mol. The number of nitrogens with zero attached hydrogens (tertiary/aromatic N) is 3. The van der Waals surface area contributed by atoms with Gasteiger partial charge in [-0.2, -0.15) is 0 Å². The minimum Gasteiger partial charge on any atom is -0.507 e. The predicted octanol–water partition coefficient (Wildman–Crippen LogP) is 5.05. The van der Waals surface area contributed by atoms with Crippen LogP contribution in [0.2, 0.25) is 0 Å². The van der Waals surface area contributed by atoms with Gasteiger partial charge >= 0.3 is 5.91 Å². The molecule has 1 saturated heterocycles. The molecule has 35 heavy (non-hydrogen) atoms. The second-order valence-corrected chi connectivity index (χ2v) is 9.16. The molecule has 1 unspecified atom stereocenters. The Morgan fingerprint density at radius 2 is 1.66 bits per heavy atom. The lowest BCUT2D eigenvalue weighted by Crippen LogP contribution is -2.29. The number of unbranched alkanes of at least 4 members (excludes halogenated alkanes) is 1. The molecule has 0 aliphatic carbocycles. The number of aliphatic hydroxyl groups excluding tert-OH is 1. The molecule has 4 rings (SSSR count). The lowest BCUT2D eigenvalue weighted by atomic mass is 9.95. The summed E-state index contributed by atoms with van der Waals surface area (Å²) in [5.74, 6) is -0.467. The Balaban J connectivity index is 1.77. The summed E-state index contributed by atoms with van der Waals surface area (Å²) in [5, 5.41) is 20.3. The summed E-state index contributed by atoms with van der Waals surface area (Å²) in [4.78, 5) is 27.6. The number of hydrogen-bond acceptors (Lipinski definition) is 8. The van der Waals surface area contributed by atoms with E-state index in [0.717, 1.165) is 12.8 Å². The van der Waals surface area contributed by atoms with E-state index in [1.54, 1.807) is 55.5 Å². The fraction of sp³-hybridized carbons (Fsp3) is 0.308. The van der Waals surface area contributed by atoms with E-state index in [-0.39, 0.29) is 11.3 Å². The van der Waals surface area contributed by atoms with Gasteiger partial charge in [-0.15, -0.1) is 10.2 Å². The number of amides is 1. The van der Waals surface area contributed by atoms with Crippen LogP contribution in [-0.4, -0.2) is 40.2 Å². The van der Waals surface area contributed by atoms with Crippen molar-refractivity contribution in [3.05, 3.63) is 70.2 Å². The molecule has 1 aliphatic rings. The summed E-state index contributed by atoms with van der Waals surface area (Å²) in [7, 11) is 0. The maximum atomic E-state index is 13.2. The quantitative estimate of drug-likeness (QED) is 0.193. The minimum absolute atomic E-state index is 0.00772. The number of anilines is 1. The molecule has 182 valence electrons. The maximum absolute atomic E-state index is 13.2. The van der Waals surface area contributed by atoms with Gasteiger partial charge in [0, 0.05) is 5.56 Å². The maximum Gasteiger partial charge on any atom is 0.301 e. The molecular weight excluding hydrogens is 466 g/mol. The third-order valence-electron chi connectivity index (χ3n) is 5.57. The lowest BCUT2D eigenvalue weighted by Gasteiger charge is -2.22. The summed E-state index contributed by atoms with van der Waals surface area (Å²) in [6.07, 6.45) is 1.97. The molecule has 1 amide bonds. The number of hydrogen-bond donors (Lipinski definition) is 1. The Bertz CT molecular complexity index is 1230. The van der Waals surface area contributed by atoms with Crippen LogP contribution in [0.25, 0.3) is 5.76 Å². The molecule has 0 saturated carbocycles. The normalized spacial score (nSPS) is 17.1. The van der Waals surface area contributed by atoms with E-state index in [2.05, 4.69) is 17.1 Å². The summed E-state index contributed by atoms with van der Waals surface area (Å²) in [6.45, 7) is 6.87. The van der Waals surface area contributed by atoms with Crippen molar-refractivity contribution in [3.8, 4) is 11.5 Å². The number of rotatable bonds is 9. The topological polar surface area (TPSA) is 102 Å². The number of Topliss-reactive ketones (excluding diaryl/α,β-unsaturated/α-hetero) is 1. The third-order valence-corrected chi connectivity index (χ3v) is 6.41. The van der Waals surface area contributed by atoms with Crippen molar-refractivity contribution in [3.63, 3.8) is 0 Å². The molecule has 1 aromatic heterocycles. The highest BCUT2D eigenvalue weighted by atomic mass is 32.1. The minimum atomic E-state index is -0.862. The fourth-order valence-electron chi connectivity index (χ4n) is 3.84. The second-order valence-electron chi connectivity index (χ2n) is 8.00. The number of aliphatic hydroxyl groups is 1. The molecule has 2 heterocycles. The van der Waals surface area contributed by atoms with Gasteiger partial charge in [-0.1, -0.05) is 36.8 Å². The summed E-state index contributed by atoms with van der Waals surface area (Å²) >= 11 is 1.21. The first-order valence-corrected chi connectivity index (χ1v) is 12.3. The van der Waals surface area contributed by atoms with Gasteiger partial charge in [-0.25, -0.2) is 0 Å². The largest absolute Gasteiger partial charge is 0.507 e. The van der Waals surface area contributed by atoms with Crippen LogP contribution in [-0.2, 0) is 9.59 Å². The summed E-state index contributed by atoms with van der Waals surface area (Å²) < 4.78 is 11.2. The average molecular weight is 494 g/mol. The van der Waals surface area contributed by atoms with E-state index < -0.39 is 17.7 Å². The molecule has 0 spiro atoms. The zero-order valence-electron chi connectivity index (χ0n) is 19.9. The van der Waals surface area contributed by atoms with Crippen LogP contribution in [0.5, 0.6) is 11.5 Å². The van der Waals surface area contributed by atoms with Gasteiger partial charge in [0.15, 0.2) is 0 Å². The zero-order valence-corrected chi connectivity index (χ0v) is 20.7. The molecule has 2 aromatic carbocycles.